The van der Waals surface area contributed by atoms with Gasteiger partial charge in [0.05, 0.1) is 4.92 Å². The monoisotopic (exact) mass is 269 g/mol. The van der Waals surface area contributed by atoms with Crippen molar-refractivity contribution in [2.45, 2.75) is 32.4 Å². The Balaban J connectivity index is 1.76. The zero-order valence-corrected chi connectivity index (χ0v) is 11.4. The molecule has 18 heavy (non-hydrogen) atoms. The Bertz CT molecular complexity index is 408. The minimum atomic E-state index is -0.329. The van der Waals surface area contributed by atoms with Crippen LogP contribution in [-0.4, -0.2) is 35.5 Å². The largest absolute Gasteiger partial charge is 0.324 e. The van der Waals surface area contributed by atoms with Crippen LogP contribution >= 0.6 is 11.3 Å². The number of hydrogen-bond acceptors (Lipinski definition) is 5. The number of nitrogens with zero attached hydrogens (tertiary/aromatic N) is 2. The third kappa shape index (κ3) is 3.28. The fourth-order valence-corrected chi connectivity index (χ4v) is 3.25. The second-order valence-electron chi connectivity index (χ2n) is 4.55. The highest BCUT2D eigenvalue weighted by Gasteiger charge is 2.22. The van der Waals surface area contributed by atoms with E-state index in [2.05, 4.69) is 17.1 Å². The molecule has 100 valence electrons. The van der Waals surface area contributed by atoms with Gasteiger partial charge < -0.3 is 5.32 Å². The molecule has 1 N–H and O–H groups in total. The highest BCUT2D eigenvalue weighted by Crippen LogP contribution is 2.23. The molecule has 2 heterocycles. The molecule has 1 aliphatic heterocycles. The molecule has 6 heteroatoms. The highest BCUT2D eigenvalue weighted by atomic mass is 32.1. The first-order valence-electron chi connectivity index (χ1n) is 6.38. The third-order valence-corrected chi connectivity index (χ3v) is 4.45. The number of hydrogen-bond donors (Lipinski definition) is 1. The topological polar surface area (TPSA) is 58.4 Å². The van der Waals surface area contributed by atoms with E-state index in [0.29, 0.717) is 6.04 Å². The van der Waals surface area contributed by atoms with Crippen molar-refractivity contribution in [2.75, 3.05) is 19.6 Å². The summed E-state index contributed by atoms with van der Waals surface area (Å²) < 4.78 is 0. The van der Waals surface area contributed by atoms with Crippen molar-refractivity contribution in [2.24, 2.45) is 0 Å². The van der Waals surface area contributed by atoms with E-state index in [-0.39, 0.29) is 9.92 Å². The van der Waals surface area contributed by atoms with Crippen LogP contribution in [0.3, 0.4) is 0 Å². The van der Waals surface area contributed by atoms with Gasteiger partial charge in [-0.2, -0.15) is 0 Å². The summed E-state index contributed by atoms with van der Waals surface area (Å²) in [6, 6.07) is 4.04. The Morgan fingerprint density at radius 1 is 1.61 bits per heavy atom. The van der Waals surface area contributed by atoms with Gasteiger partial charge in [-0.05, 0) is 32.0 Å². The first kappa shape index (κ1) is 13.5. The summed E-state index contributed by atoms with van der Waals surface area (Å²) in [5.41, 5.74) is 0. The molecular weight excluding hydrogens is 250 g/mol. The van der Waals surface area contributed by atoms with Crippen molar-refractivity contribution in [3.05, 3.63) is 27.1 Å². The molecule has 0 bridgehead atoms. The van der Waals surface area contributed by atoms with Gasteiger partial charge in [-0.3, -0.25) is 15.0 Å². The normalized spacial score (nSPS) is 20.4. The van der Waals surface area contributed by atoms with Crippen LogP contribution in [0.1, 0.15) is 24.6 Å². The molecule has 1 aliphatic rings. The molecule has 0 saturated carbocycles. The van der Waals surface area contributed by atoms with E-state index < -0.39 is 0 Å². The van der Waals surface area contributed by atoms with Crippen molar-refractivity contribution in [3.63, 3.8) is 0 Å². The van der Waals surface area contributed by atoms with Gasteiger partial charge >= 0.3 is 5.00 Å². The predicted octanol–water partition coefficient (Wildman–Crippen LogP) is 2.23. The van der Waals surface area contributed by atoms with Crippen LogP contribution in [0.25, 0.3) is 0 Å². The SMILES string of the molecule is CCN1CCCC1CNCc1ccc([N+](=O)[O-])s1. The molecule has 1 atom stereocenters. The number of likely N-dealkylation sites (tertiary alicyclic amines) is 1. The lowest BCUT2D eigenvalue weighted by molar-refractivity contribution is -0.380. The Morgan fingerprint density at radius 3 is 3.11 bits per heavy atom. The quantitative estimate of drug-likeness (QED) is 0.635. The first-order chi connectivity index (χ1) is 8.70. The van der Waals surface area contributed by atoms with Crippen molar-refractivity contribution in [3.8, 4) is 0 Å². The van der Waals surface area contributed by atoms with Crippen LogP contribution in [-0.2, 0) is 6.54 Å². The van der Waals surface area contributed by atoms with Gasteiger partial charge in [0.1, 0.15) is 0 Å². The molecule has 0 amide bonds. The average Bonchev–Trinajstić information content (AvgIpc) is 2.97. The van der Waals surface area contributed by atoms with Crippen molar-refractivity contribution >= 4 is 16.3 Å². The van der Waals surface area contributed by atoms with Gasteiger partial charge in [0.25, 0.3) is 0 Å². The maximum absolute atomic E-state index is 10.6. The summed E-state index contributed by atoms with van der Waals surface area (Å²) in [7, 11) is 0. The molecule has 0 aliphatic carbocycles. The Hall–Kier alpha value is -0.980. The molecule has 1 saturated heterocycles. The third-order valence-electron chi connectivity index (χ3n) is 3.41. The average molecular weight is 269 g/mol. The molecule has 0 aromatic carbocycles. The van der Waals surface area contributed by atoms with Crippen LogP contribution in [0.15, 0.2) is 12.1 Å². The molecule has 2 rings (SSSR count). The summed E-state index contributed by atoms with van der Waals surface area (Å²) in [6.07, 6.45) is 2.54. The van der Waals surface area contributed by atoms with E-state index in [4.69, 9.17) is 0 Å². The van der Waals surface area contributed by atoms with E-state index in [1.165, 1.54) is 30.7 Å². The molecule has 0 spiro atoms. The predicted molar refractivity (Wildman–Crippen MR) is 72.9 cm³/mol. The van der Waals surface area contributed by atoms with Gasteiger partial charge in [-0.1, -0.05) is 18.3 Å². The smallest absolute Gasteiger partial charge is 0.310 e. The second kappa shape index (κ2) is 6.26. The molecular formula is C12H19N3O2S. The lowest BCUT2D eigenvalue weighted by Gasteiger charge is -2.22. The van der Waals surface area contributed by atoms with Crippen LogP contribution < -0.4 is 5.32 Å². The maximum Gasteiger partial charge on any atom is 0.324 e. The number of likely N-dealkylation sites (N-methyl/N-ethyl adjacent to an activating group) is 1. The minimum Gasteiger partial charge on any atom is -0.310 e. The zero-order valence-electron chi connectivity index (χ0n) is 10.6. The number of nitrogens with one attached hydrogen (secondary N) is 1. The second-order valence-corrected chi connectivity index (χ2v) is 5.70. The molecule has 1 aromatic rings. The highest BCUT2D eigenvalue weighted by molar-refractivity contribution is 7.15. The van der Waals surface area contributed by atoms with Gasteiger partial charge in [0, 0.05) is 30.1 Å². The first-order valence-corrected chi connectivity index (χ1v) is 7.20. The summed E-state index contributed by atoms with van der Waals surface area (Å²) in [4.78, 5) is 13.8. The van der Waals surface area contributed by atoms with E-state index in [1.54, 1.807) is 6.07 Å². The maximum atomic E-state index is 10.6. The Kier molecular flexibility index (Phi) is 4.68. The fraction of sp³-hybridized carbons (Fsp3) is 0.667. The summed E-state index contributed by atoms with van der Waals surface area (Å²) in [6.45, 7) is 6.21. The van der Waals surface area contributed by atoms with Crippen LogP contribution in [0.4, 0.5) is 5.00 Å². The molecule has 1 fully saturated rings. The molecule has 1 aromatic heterocycles. The number of nitro groups is 1. The van der Waals surface area contributed by atoms with Crippen molar-refractivity contribution in [1.82, 2.24) is 10.2 Å². The summed E-state index contributed by atoms with van der Waals surface area (Å²) in [5.74, 6) is 0. The lowest BCUT2D eigenvalue weighted by atomic mass is 10.2. The van der Waals surface area contributed by atoms with Gasteiger partial charge in [-0.15, -0.1) is 0 Å². The molecule has 0 radical (unpaired) electrons. The van der Waals surface area contributed by atoms with Crippen molar-refractivity contribution in [1.29, 1.82) is 0 Å². The van der Waals surface area contributed by atoms with Crippen LogP contribution in [0, 0.1) is 10.1 Å². The standard InChI is InChI=1S/C12H19N3O2S/c1-2-14-7-3-4-10(14)8-13-9-11-5-6-12(18-11)15(16)17/h5-6,10,13H,2-4,7-9H2,1H3. The van der Waals surface area contributed by atoms with E-state index in [9.17, 15) is 10.1 Å². The van der Waals surface area contributed by atoms with Gasteiger partial charge in [-0.25, -0.2) is 0 Å². The summed E-state index contributed by atoms with van der Waals surface area (Å²) in [5, 5.41) is 14.2. The summed E-state index contributed by atoms with van der Waals surface area (Å²) >= 11 is 1.25. The minimum absolute atomic E-state index is 0.225. The van der Waals surface area contributed by atoms with E-state index in [1.807, 2.05) is 6.07 Å². The van der Waals surface area contributed by atoms with Crippen LogP contribution in [0.2, 0.25) is 0 Å². The van der Waals surface area contributed by atoms with Crippen LogP contribution in [0.5, 0.6) is 0 Å². The molecule has 5 nitrogen and oxygen atoms in total. The molecule has 1 unspecified atom stereocenters. The Labute approximate surface area is 111 Å². The zero-order chi connectivity index (χ0) is 13.0. The number of thiophene rings is 1. The lowest BCUT2D eigenvalue weighted by Crippen LogP contribution is -2.37. The van der Waals surface area contributed by atoms with Gasteiger partial charge in [0.15, 0.2) is 0 Å². The fourth-order valence-electron chi connectivity index (χ4n) is 2.46. The van der Waals surface area contributed by atoms with Crippen molar-refractivity contribution < 1.29 is 4.92 Å². The number of rotatable bonds is 6. The van der Waals surface area contributed by atoms with E-state index >= 15 is 0 Å². The van der Waals surface area contributed by atoms with Gasteiger partial charge in [0.2, 0.25) is 0 Å². The van der Waals surface area contributed by atoms with E-state index in [0.717, 1.165) is 24.5 Å². The Morgan fingerprint density at radius 2 is 2.44 bits per heavy atom.